The van der Waals surface area contributed by atoms with Gasteiger partial charge in [0.25, 0.3) is 0 Å². The molecule has 4 rings (SSSR count). The Kier molecular flexibility index (Phi) is 6.88. The fourth-order valence-electron chi connectivity index (χ4n) is 3.49. The predicted molar refractivity (Wildman–Crippen MR) is 138 cm³/mol. The minimum absolute atomic E-state index is 0.479. The fraction of sp³-hybridized carbons (Fsp3) is 0.154. The lowest BCUT2D eigenvalue weighted by molar-refractivity contribution is 0.283. The van der Waals surface area contributed by atoms with Crippen molar-refractivity contribution >= 4 is 50.7 Å². The van der Waals surface area contributed by atoms with Crippen LogP contribution in [0.4, 0.5) is 5.69 Å². The minimum atomic E-state index is 0.479. The van der Waals surface area contributed by atoms with Gasteiger partial charge in [0.05, 0.1) is 10.7 Å². The van der Waals surface area contributed by atoms with Crippen molar-refractivity contribution in [1.82, 2.24) is 0 Å². The van der Waals surface area contributed by atoms with Gasteiger partial charge in [-0.3, -0.25) is 0 Å². The first-order valence-corrected chi connectivity index (χ1v) is 11.5. The van der Waals surface area contributed by atoms with Crippen LogP contribution in [0, 0.1) is 10.5 Å². The lowest BCUT2D eigenvalue weighted by Crippen LogP contribution is -2.04. The number of fused-ring (bicyclic) bond motifs is 1. The summed E-state index contributed by atoms with van der Waals surface area (Å²) in [6, 6.07) is 24.8. The second kappa shape index (κ2) is 9.79. The molecular formula is C26H23ClINO2. The summed E-state index contributed by atoms with van der Waals surface area (Å²) in [5, 5.41) is 6.60. The van der Waals surface area contributed by atoms with Gasteiger partial charge >= 0.3 is 0 Å². The SMILES string of the molecule is COc1cc(CNc2ccc(C)c(Cl)c2)cc(I)c1OCc1cccc2ccccc12. The molecule has 0 aromatic heterocycles. The van der Waals surface area contributed by atoms with E-state index in [-0.39, 0.29) is 0 Å². The third-order valence-electron chi connectivity index (χ3n) is 5.21. The molecule has 0 bridgehead atoms. The van der Waals surface area contributed by atoms with Crippen LogP contribution in [0.2, 0.25) is 5.02 Å². The Morgan fingerprint density at radius 2 is 1.77 bits per heavy atom. The number of methoxy groups -OCH3 is 1. The summed E-state index contributed by atoms with van der Waals surface area (Å²) in [6.45, 7) is 3.14. The van der Waals surface area contributed by atoms with E-state index >= 15 is 0 Å². The first-order valence-electron chi connectivity index (χ1n) is 10.0. The predicted octanol–water partition coefficient (Wildman–Crippen LogP) is 7.61. The molecule has 0 aliphatic rings. The molecule has 158 valence electrons. The molecule has 0 saturated heterocycles. The third kappa shape index (κ3) is 5.08. The van der Waals surface area contributed by atoms with E-state index in [4.69, 9.17) is 21.1 Å². The molecule has 31 heavy (non-hydrogen) atoms. The van der Waals surface area contributed by atoms with Crippen molar-refractivity contribution < 1.29 is 9.47 Å². The molecule has 4 aromatic rings. The Bertz CT molecular complexity index is 1220. The van der Waals surface area contributed by atoms with Gasteiger partial charge in [0.2, 0.25) is 0 Å². The molecule has 5 heteroatoms. The van der Waals surface area contributed by atoms with Gasteiger partial charge in [-0.05, 0) is 81.2 Å². The standard InChI is InChI=1S/C26H23ClINO2/c1-17-10-11-21(14-23(17)27)29-15-18-12-24(28)26(25(13-18)30-2)31-16-20-8-5-7-19-6-3-4-9-22(19)20/h3-14,29H,15-16H2,1-2H3. The molecular weight excluding hydrogens is 521 g/mol. The summed E-state index contributed by atoms with van der Waals surface area (Å²) < 4.78 is 12.9. The molecule has 0 fully saturated rings. The quantitative estimate of drug-likeness (QED) is 0.243. The average Bonchev–Trinajstić information content (AvgIpc) is 2.78. The van der Waals surface area contributed by atoms with Gasteiger partial charge in [-0.25, -0.2) is 0 Å². The first kappa shape index (κ1) is 21.8. The molecule has 0 spiro atoms. The highest BCUT2D eigenvalue weighted by Crippen LogP contribution is 2.35. The molecule has 1 N–H and O–H groups in total. The van der Waals surface area contributed by atoms with Crippen LogP contribution in [0.25, 0.3) is 10.8 Å². The Morgan fingerprint density at radius 3 is 2.58 bits per heavy atom. The highest BCUT2D eigenvalue weighted by molar-refractivity contribution is 14.1. The number of anilines is 1. The van der Waals surface area contributed by atoms with Crippen LogP contribution < -0.4 is 14.8 Å². The Hall–Kier alpha value is -2.44. The van der Waals surface area contributed by atoms with Gasteiger partial charge in [-0.1, -0.05) is 60.1 Å². The number of hydrogen-bond donors (Lipinski definition) is 1. The van der Waals surface area contributed by atoms with Crippen molar-refractivity contribution in [2.45, 2.75) is 20.1 Å². The van der Waals surface area contributed by atoms with E-state index < -0.39 is 0 Å². The van der Waals surface area contributed by atoms with Crippen LogP contribution >= 0.6 is 34.2 Å². The van der Waals surface area contributed by atoms with Crippen LogP contribution in [0.3, 0.4) is 0 Å². The van der Waals surface area contributed by atoms with Gasteiger partial charge in [0, 0.05) is 17.3 Å². The monoisotopic (exact) mass is 543 g/mol. The summed E-state index contributed by atoms with van der Waals surface area (Å²) >= 11 is 8.54. The van der Waals surface area contributed by atoms with E-state index in [1.165, 1.54) is 10.8 Å². The first-order chi connectivity index (χ1) is 15.0. The second-order valence-corrected chi connectivity index (χ2v) is 8.92. The zero-order valence-corrected chi connectivity index (χ0v) is 20.3. The topological polar surface area (TPSA) is 30.5 Å². The number of halogens is 2. The zero-order valence-electron chi connectivity index (χ0n) is 17.4. The molecule has 0 atom stereocenters. The number of ether oxygens (including phenoxy) is 2. The van der Waals surface area contributed by atoms with Crippen molar-refractivity contribution in [2.75, 3.05) is 12.4 Å². The third-order valence-corrected chi connectivity index (χ3v) is 6.42. The van der Waals surface area contributed by atoms with Gasteiger partial charge in [0.1, 0.15) is 6.61 Å². The zero-order chi connectivity index (χ0) is 21.8. The normalized spacial score (nSPS) is 10.8. The van der Waals surface area contributed by atoms with E-state index in [1.54, 1.807) is 7.11 Å². The maximum atomic E-state index is 6.23. The summed E-state index contributed by atoms with van der Waals surface area (Å²) in [4.78, 5) is 0. The van der Waals surface area contributed by atoms with Crippen LogP contribution in [-0.2, 0) is 13.2 Å². The van der Waals surface area contributed by atoms with Crippen molar-refractivity contribution in [3.05, 3.63) is 98.1 Å². The molecule has 0 amide bonds. The van der Waals surface area contributed by atoms with Crippen LogP contribution in [0.5, 0.6) is 11.5 Å². The van der Waals surface area contributed by atoms with Crippen molar-refractivity contribution in [3.63, 3.8) is 0 Å². The summed E-state index contributed by atoms with van der Waals surface area (Å²) in [5.41, 5.74) is 4.31. The van der Waals surface area contributed by atoms with E-state index in [1.807, 2.05) is 31.2 Å². The summed E-state index contributed by atoms with van der Waals surface area (Å²) in [6.07, 6.45) is 0. The van der Waals surface area contributed by atoms with E-state index in [0.717, 1.165) is 42.5 Å². The summed E-state index contributed by atoms with van der Waals surface area (Å²) in [5.74, 6) is 1.49. The van der Waals surface area contributed by atoms with Crippen molar-refractivity contribution in [2.24, 2.45) is 0 Å². The lowest BCUT2D eigenvalue weighted by Gasteiger charge is -2.16. The lowest BCUT2D eigenvalue weighted by atomic mass is 10.1. The number of rotatable bonds is 7. The van der Waals surface area contributed by atoms with E-state index in [9.17, 15) is 0 Å². The molecule has 0 unspecified atom stereocenters. The van der Waals surface area contributed by atoms with Gasteiger partial charge in [-0.15, -0.1) is 0 Å². The maximum absolute atomic E-state index is 6.23. The maximum Gasteiger partial charge on any atom is 0.174 e. The van der Waals surface area contributed by atoms with Crippen molar-refractivity contribution in [1.29, 1.82) is 0 Å². The smallest absolute Gasteiger partial charge is 0.174 e. The van der Waals surface area contributed by atoms with Gasteiger partial charge in [-0.2, -0.15) is 0 Å². The van der Waals surface area contributed by atoms with Crippen LogP contribution in [-0.4, -0.2) is 7.11 Å². The molecule has 0 saturated carbocycles. The fourth-order valence-corrected chi connectivity index (χ4v) is 4.49. The molecule has 0 aliphatic heterocycles. The van der Waals surface area contributed by atoms with Crippen LogP contribution in [0.15, 0.2) is 72.8 Å². The minimum Gasteiger partial charge on any atom is -0.493 e. The van der Waals surface area contributed by atoms with Gasteiger partial charge < -0.3 is 14.8 Å². The highest BCUT2D eigenvalue weighted by Gasteiger charge is 2.13. The number of aryl methyl sites for hydroxylation is 1. The number of benzene rings is 4. The average molecular weight is 544 g/mol. The van der Waals surface area contributed by atoms with E-state index in [0.29, 0.717) is 13.2 Å². The molecule has 0 radical (unpaired) electrons. The van der Waals surface area contributed by atoms with Crippen LogP contribution in [0.1, 0.15) is 16.7 Å². The molecule has 4 aromatic carbocycles. The van der Waals surface area contributed by atoms with E-state index in [2.05, 4.69) is 76.4 Å². The highest BCUT2D eigenvalue weighted by atomic mass is 127. The molecule has 3 nitrogen and oxygen atoms in total. The second-order valence-electron chi connectivity index (χ2n) is 7.35. The Labute approximate surface area is 201 Å². The largest absolute Gasteiger partial charge is 0.493 e. The number of nitrogens with one attached hydrogen (secondary N) is 1. The summed E-state index contributed by atoms with van der Waals surface area (Å²) in [7, 11) is 1.67. The molecule has 0 aliphatic carbocycles. The Morgan fingerprint density at radius 1 is 0.968 bits per heavy atom. The van der Waals surface area contributed by atoms with Crippen molar-refractivity contribution in [3.8, 4) is 11.5 Å². The molecule has 0 heterocycles. The Balaban J connectivity index is 1.51. The van der Waals surface area contributed by atoms with Gasteiger partial charge in [0.15, 0.2) is 11.5 Å². The number of hydrogen-bond acceptors (Lipinski definition) is 3.